The summed E-state index contributed by atoms with van der Waals surface area (Å²) >= 11 is 0. The van der Waals surface area contributed by atoms with Crippen LogP contribution in [0.15, 0.2) is 0 Å². The third kappa shape index (κ3) is 4.66. The summed E-state index contributed by atoms with van der Waals surface area (Å²) in [7, 11) is 2.16. The summed E-state index contributed by atoms with van der Waals surface area (Å²) < 4.78 is 0. The number of likely N-dealkylation sites (tertiary alicyclic amines) is 1. The fraction of sp³-hybridized carbons (Fsp3) is 0.938. The zero-order valence-electron chi connectivity index (χ0n) is 13.4. The van der Waals surface area contributed by atoms with Gasteiger partial charge in [0.15, 0.2) is 0 Å². The fourth-order valence-electron chi connectivity index (χ4n) is 3.51. The maximum absolute atomic E-state index is 11.0. The lowest BCUT2D eigenvalue weighted by Gasteiger charge is -2.40. The minimum atomic E-state index is -0.719. The quantitative estimate of drug-likeness (QED) is 0.714. The van der Waals surface area contributed by atoms with Crippen molar-refractivity contribution in [2.24, 2.45) is 11.3 Å². The minimum absolute atomic E-state index is 0.267. The molecule has 2 rings (SSSR count). The molecule has 0 spiro atoms. The van der Waals surface area contributed by atoms with Gasteiger partial charge in [0.05, 0.1) is 11.5 Å². The van der Waals surface area contributed by atoms with Gasteiger partial charge >= 0.3 is 5.97 Å². The van der Waals surface area contributed by atoms with E-state index in [-0.39, 0.29) is 5.92 Å². The number of aliphatic hydroxyl groups is 1. The van der Waals surface area contributed by atoms with Crippen LogP contribution in [-0.4, -0.2) is 59.9 Å². The van der Waals surface area contributed by atoms with Crippen molar-refractivity contribution in [3.8, 4) is 0 Å². The first kappa shape index (κ1) is 16.7. The predicted molar refractivity (Wildman–Crippen MR) is 82.3 cm³/mol. The van der Waals surface area contributed by atoms with Gasteiger partial charge in [-0.2, -0.15) is 0 Å². The Morgan fingerprint density at radius 3 is 2.29 bits per heavy atom. The number of hydrogen-bond donors (Lipinski definition) is 3. The van der Waals surface area contributed by atoms with E-state index in [0.29, 0.717) is 37.6 Å². The number of carboxylic acid groups (broad SMARTS) is 1. The van der Waals surface area contributed by atoms with Crippen molar-refractivity contribution >= 4 is 5.97 Å². The molecule has 0 unspecified atom stereocenters. The van der Waals surface area contributed by atoms with Crippen molar-refractivity contribution in [3.63, 3.8) is 0 Å². The van der Waals surface area contributed by atoms with Crippen LogP contribution in [0.4, 0.5) is 0 Å². The maximum Gasteiger partial charge on any atom is 0.306 e. The first-order valence-corrected chi connectivity index (χ1v) is 8.16. The number of carboxylic acids is 1. The smallest absolute Gasteiger partial charge is 0.306 e. The highest BCUT2D eigenvalue weighted by Gasteiger charge is 2.36. The molecule has 0 amide bonds. The van der Waals surface area contributed by atoms with Gasteiger partial charge in [0.1, 0.15) is 0 Å². The number of nitrogens with one attached hydrogen (secondary N) is 1. The zero-order chi connectivity index (χ0) is 15.5. The lowest BCUT2D eigenvalue weighted by Crippen LogP contribution is -2.48. The number of rotatable bonds is 5. The molecule has 0 aromatic heterocycles. The van der Waals surface area contributed by atoms with E-state index in [4.69, 9.17) is 5.11 Å². The summed E-state index contributed by atoms with van der Waals surface area (Å²) in [5, 5.41) is 23.0. The molecule has 5 nitrogen and oxygen atoms in total. The Bertz CT molecular complexity index is 357. The molecule has 1 heterocycles. The molecule has 5 heteroatoms. The van der Waals surface area contributed by atoms with Crippen molar-refractivity contribution in [1.82, 2.24) is 10.2 Å². The molecule has 1 aliphatic heterocycles. The fourth-order valence-corrected chi connectivity index (χ4v) is 3.51. The highest BCUT2D eigenvalue weighted by molar-refractivity contribution is 5.70. The summed E-state index contributed by atoms with van der Waals surface area (Å²) in [4.78, 5) is 13.3. The average molecular weight is 298 g/mol. The first-order chi connectivity index (χ1) is 9.82. The van der Waals surface area contributed by atoms with E-state index < -0.39 is 11.6 Å². The van der Waals surface area contributed by atoms with E-state index in [9.17, 15) is 9.90 Å². The summed E-state index contributed by atoms with van der Waals surface area (Å²) in [5.41, 5.74) is -0.394. The van der Waals surface area contributed by atoms with Gasteiger partial charge in [0, 0.05) is 13.1 Å². The SMILES string of the molecule is CN1CCC(C)(CNCC2(O)CCC(C(=O)O)CC2)CC1. The third-order valence-corrected chi connectivity index (χ3v) is 5.47. The minimum Gasteiger partial charge on any atom is -0.481 e. The molecular weight excluding hydrogens is 268 g/mol. The maximum atomic E-state index is 11.0. The van der Waals surface area contributed by atoms with Crippen molar-refractivity contribution in [2.45, 2.75) is 51.0 Å². The van der Waals surface area contributed by atoms with Gasteiger partial charge in [0.2, 0.25) is 0 Å². The molecule has 3 N–H and O–H groups in total. The van der Waals surface area contributed by atoms with Gasteiger partial charge in [-0.15, -0.1) is 0 Å². The average Bonchev–Trinajstić information content (AvgIpc) is 2.43. The summed E-state index contributed by atoms with van der Waals surface area (Å²) in [5.74, 6) is -0.986. The Labute approximate surface area is 127 Å². The molecule has 0 atom stereocenters. The zero-order valence-corrected chi connectivity index (χ0v) is 13.4. The number of aliphatic carboxylic acids is 1. The monoisotopic (exact) mass is 298 g/mol. The van der Waals surface area contributed by atoms with Gasteiger partial charge in [0.25, 0.3) is 0 Å². The first-order valence-electron chi connectivity index (χ1n) is 8.16. The topological polar surface area (TPSA) is 72.8 Å². The van der Waals surface area contributed by atoms with E-state index in [1.165, 1.54) is 12.8 Å². The largest absolute Gasteiger partial charge is 0.481 e. The van der Waals surface area contributed by atoms with Crippen LogP contribution in [0.5, 0.6) is 0 Å². The van der Waals surface area contributed by atoms with E-state index in [2.05, 4.69) is 24.2 Å². The molecule has 2 aliphatic rings. The molecule has 0 bridgehead atoms. The summed E-state index contributed by atoms with van der Waals surface area (Å²) in [6, 6.07) is 0. The van der Waals surface area contributed by atoms with Crippen LogP contribution in [0.25, 0.3) is 0 Å². The Morgan fingerprint density at radius 2 is 1.76 bits per heavy atom. The second kappa shape index (κ2) is 6.63. The molecule has 1 aliphatic carbocycles. The predicted octanol–water partition coefficient (Wildman–Crippen LogP) is 1.31. The van der Waals surface area contributed by atoms with Gasteiger partial charge in [-0.1, -0.05) is 6.92 Å². The van der Waals surface area contributed by atoms with Crippen LogP contribution >= 0.6 is 0 Å². The molecule has 2 fully saturated rings. The number of piperidine rings is 1. The van der Waals surface area contributed by atoms with E-state index in [1.54, 1.807) is 0 Å². The Hall–Kier alpha value is -0.650. The van der Waals surface area contributed by atoms with Gasteiger partial charge in [-0.3, -0.25) is 4.79 Å². The normalized spacial score (nSPS) is 33.8. The highest BCUT2D eigenvalue weighted by Crippen LogP contribution is 2.33. The number of carbonyl (C=O) groups is 1. The lowest BCUT2D eigenvalue weighted by atomic mass is 9.78. The van der Waals surface area contributed by atoms with Crippen LogP contribution in [-0.2, 0) is 4.79 Å². The molecule has 0 radical (unpaired) electrons. The van der Waals surface area contributed by atoms with Crippen molar-refractivity contribution in [1.29, 1.82) is 0 Å². The van der Waals surface area contributed by atoms with Crippen molar-refractivity contribution in [2.75, 3.05) is 33.2 Å². The molecule has 0 aromatic carbocycles. The van der Waals surface area contributed by atoms with Crippen molar-refractivity contribution < 1.29 is 15.0 Å². The molecule has 21 heavy (non-hydrogen) atoms. The molecule has 1 saturated carbocycles. The van der Waals surface area contributed by atoms with Gasteiger partial charge < -0.3 is 20.4 Å². The Morgan fingerprint density at radius 1 is 1.19 bits per heavy atom. The van der Waals surface area contributed by atoms with E-state index >= 15 is 0 Å². The van der Waals surface area contributed by atoms with Gasteiger partial charge in [-0.05, 0) is 64.1 Å². The lowest BCUT2D eigenvalue weighted by molar-refractivity contribution is -0.144. The standard InChI is InChI=1S/C16H30N2O3/c1-15(7-9-18(2)10-8-15)11-17-12-16(21)5-3-13(4-6-16)14(19)20/h13,17,21H,3-12H2,1-2H3,(H,19,20). The van der Waals surface area contributed by atoms with Crippen LogP contribution in [0.2, 0.25) is 0 Å². The Kier molecular flexibility index (Phi) is 5.28. The van der Waals surface area contributed by atoms with Gasteiger partial charge in [-0.25, -0.2) is 0 Å². The second-order valence-corrected chi connectivity index (χ2v) is 7.55. The Balaban J connectivity index is 1.72. The molecule has 122 valence electrons. The highest BCUT2D eigenvalue weighted by atomic mass is 16.4. The van der Waals surface area contributed by atoms with E-state index in [1.807, 2.05) is 0 Å². The molecular formula is C16H30N2O3. The summed E-state index contributed by atoms with van der Waals surface area (Å²) in [6.45, 7) is 6.13. The van der Waals surface area contributed by atoms with Crippen LogP contribution in [0.3, 0.4) is 0 Å². The van der Waals surface area contributed by atoms with Crippen LogP contribution in [0, 0.1) is 11.3 Å². The second-order valence-electron chi connectivity index (χ2n) is 7.55. The summed E-state index contributed by atoms with van der Waals surface area (Å²) in [6.07, 6.45) is 4.75. The van der Waals surface area contributed by atoms with Crippen molar-refractivity contribution in [3.05, 3.63) is 0 Å². The van der Waals surface area contributed by atoms with E-state index in [0.717, 1.165) is 19.6 Å². The molecule has 0 aromatic rings. The van der Waals surface area contributed by atoms with Crippen LogP contribution in [0.1, 0.15) is 45.4 Å². The third-order valence-electron chi connectivity index (χ3n) is 5.47. The molecule has 1 saturated heterocycles. The number of nitrogens with zero attached hydrogens (tertiary/aromatic N) is 1. The number of hydrogen-bond acceptors (Lipinski definition) is 4. The van der Waals surface area contributed by atoms with Crippen LogP contribution < -0.4 is 5.32 Å².